The smallest absolute Gasteiger partial charge is 0.325 e. The topological polar surface area (TPSA) is 118 Å². The zero-order valence-corrected chi connectivity index (χ0v) is 13.1. The fourth-order valence-electron chi connectivity index (χ4n) is 1.78. The number of ether oxygens (including phenoxy) is 1. The van der Waals surface area contributed by atoms with Crippen LogP contribution in [0.1, 0.15) is 58.3 Å². The molecule has 21 heavy (non-hydrogen) atoms. The largest absolute Gasteiger partial charge is 0.480 e. The molecule has 0 bridgehead atoms. The normalized spacial score (nSPS) is 12.9. The molecule has 0 saturated carbocycles. The van der Waals surface area contributed by atoms with Gasteiger partial charge in [-0.15, -0.1) is 0 Å². The first-order chi connectivity index (χ1) is 9.79. The minimum absolute atomic E-state index is 0.129. The third-order valence-corrected chi connectivity index (χ3v) is 4.09. The van der Waals surface area contributed by atoms with Crippen LogP contribution in [0.5, 0.6) is 0 Å². The maximum Gasteiger partial charge on any atom is 0.325 e. The number of hydrogen-bond acceptors (Lipinski definition) is 5. The van der Waals surface area contributed by atoms with Crippen LogP contribution in [0.2, 0.25) is 0 Å². The van der Waals surface area contributed by atoms with Gasteiger partial charge in [-0.2, -0.15) is 8.42 Å². The van der Waals surface area contributed by atoms with Gasteiger partial charge in [-0.05, 0) is 6.42 Å². The van der Waals surface area contributed by atoms with Crippen LogP contribution in [0.4, 0.5) is 0 Å². The number of carboxylic acids is 1. The van der Waals surface area contributed by atoms with Gasteiger partial charge in [0.25, 0.3) is 10.1 Å². The van der Waals surface area contributed by atoms with Gasteiger partial charge in [0.1, 0.15) is 0 Å². The first-order valence-corrected chi connectivity index (χ1v) is 8.64. The molecule has 124 valence electrons. The minimum atomic E-state index is -4.81. The molecule has 0 aromatic rings. The molecule has 8 heteroatoms. The molecule has 0 aromatic carbocycles. The van der Waals surface area contributed by atoms with E-state index < -0.39 is 33.7 Å². The van der Waals surface area contributed by atoms with Crippen molar-refractivity contribution in [3.8, 4) is 0 Å². The molecule has 0 aliphatic rings. The van der Waals surface area contributed by atoms with Crippen LogP contribution in [0.3, 0.4) is 0 Å². The molecule has 0 heterocycles. The third-order valence-electron chi connectivity index (χ3n) is 3.00. The van der Waals surface area contributed by atoms with Gasteiger partial charge in [0.2, 0.25) is 0 Å². The summed E-state index contributed by atoms with van der Waals surface area (Å²) in [5.74, 6) is -2.71. The molecular formula is C13H24O7S. The second-order valence-corrected chi connectivity index (χ2v) is 6.49. The Bertz CT molecular complexity index is 416. The molecule has 0 aliphatic heterocycles. The highest BCUT2D eigenvalue weighted by Crippen LogP contribution is 2.09. The van der Waals surface area contributed by atoms with E-state index in [1.165, 1.54) is 19.3 Å². The summed E-state index contributed by atoms with van der Waals surface area (Å²) in [4.78, 5) is 22.0. The van der Waals surface area contributed by atoms with Crippen molar-refractivity contribution >= 4 is 22.1 Å². The summed E-state index contributed by atoms with van der Waals surface area (Å²) in [7, 11) is -4.81. The Balaban J connectivity index is 3.82. The van der Waals surface area contributed by atoms with E-state index in [2.05, 4.69) is 6.92 Å². The summed E-state index contributed by atoms with van der Waals surface area (Å²) >= 11 is 0. The lowest BCUT2D eigenvalue weighted by Gasteiger charge is -2.09. The van der Waals surface area contributed by atoms with Crippen molar-refractivity contribution in [2.45, 2.75) is 63.5 Å². The van der Waals surface area contributed by atoms with Gasteiger partial charge in [0.15, 0.2) is 5.25 Å². The second kappa shape index (κ2) is 10.6. The van der Waals surface area contributed by atoms with Crippen molar-refractivity contribution in [1.29, 1.82) is 0 Å². The highest BCUT2D eigenvalue weighted by Gasteiger charge is 2.33. The number of aliphatic carboxylic acids is 1. The lowest BCUT2D eigenvalue weighted by atomic mass is 10.1. The van der Waals surface area contributed by atoms with E-state index in [0.29, 0.717) is 6.42 Å². The van der Waals surface area contributed by atoms with Gasteiger partial charge in [-0.25, -0.2) is 0 Å². The van der Waals surface area contributed by atoms with Crippen molar-refractivity contribution in [2.75, 3.05) is 6.61 Å². The van der Waals surface area contributed by atoms with Gasteiger partial charge in [0, 0.05) is 0 Å². The Morgan fingerprint density at radius 1 is 1.05 bits per heavy atom. The fraction of sp³-hybridized carbons (Fsp3) is 0.846. The molecule has 0 aliphatic carbocycles. The minimum Gasteiger partial charge on any atom is -0.480 e. The van der Waals surface area contributed by atoms with E-state index in [4.69, 9.17) is 14.4 Å². The molecule has 0 fully saturated rings. The maximum atomic E-state index is 11.3. The Kier molecular flexibility index (Phi) is 9.98. The van der Waals surface area contributed by atoms with Crippen molar-refractivity contribution in [3.05, 3.63) is 0 Å². The predicted octanol–water partition coefficient (Wildman–Crippen LogP) is 2.01. The zero-order valence-electron chi connectivity index (χ0n) is 12.3. The molecule has 0 radical (unpaired) electrons. The van der Waals surface area contributed by atoms with Crippen LogP contribution in [0.25, 0.3) is 0 Å². The fourth-order valence-corrected chi connectivity index (χ4v) is 2.38. The zero-order chi connectivity index (χ0) is 16.3. The number of rotatable bonds is 12. The number of unbranched alkanes of at least 4 members (excludes halogenated alkanes) is 6. The van der Waals surface area contributed by atoms with E-state index in [9.17, 15) is 18.0 Å². The predicted molar refractivity (Wildman–Crippen MR) is 76.5 cm³/mol. The molecule has 0 aromatic heterocycles. The highest BCUT2D eigenvalue weighted by molar-refractivity contribution is 7.87. The van der Waals surface area contributed by atoms with Crippen LogP contribution < -0.4 is 0 Å². The monoisotopic (exact) mass is 324 g/mol. The van der Waals surface area contributed by atoms with Gasteiger partial charge in [0.05, 0.1) is 13.0 Å². The molecule has 0 amide bonds. The average molecular weight is 324 g/mol. The van der Waals surface area contributed by atoms with Gasteiger partial charge >= 0.3 is 11.9 Å². The van der Waals surface area contributed by atoms with E-state index in [1.807, 2.05) is 0 Å². The average Bonchev–Trinajstić information content (AvgIpc) is 2.37. The molecule has 0 rings (SSSR count). The quantitative estimate of drug-likeness (QED) is 0.320. The van der Waals surface area contributed by atoms with Crippen LogP contribution >= 0.6 is 0 Å². The van der Waals surface area contributed by atoms with Crippen LogP contribution in [-0.2, 0) is 24.4 Å². The Morgan fingerprint density at radius 2 is 1.57 bits per heavy atom. The standard InChI is InChI=1S/C13H24O7S/c1-2-3-4-5-6-7-8-9-20-12(14)10-11(13(15)16)21(17,18)19/h11H,2-10H2,1H3,(H,15,16)(H,17,18,19). The van der Waals surface area contributed by atoms with Crippen LogP contribution in [-0.4, -0.2) is 41.9 Å². The number of esters is 1. The maximum absolute atomic E-state index is 11.3. The van der Waals surface area contributed by atoms with Gasteiger partial charge < -0.3 is 9.84 Å². The molecule has 0 spiro atoms. The molecule has 1 atom stereocenters. The third kappa shape index (κ3) is 10.3. The summed E-state index contributed by atoms with van der Waals surface area (Å²) in [6.07, 6.45) is 6.41. The first kappa shape index (κ1) is 19.9. The van der Waals surface area contributed by atoms with E-state index in [-0.39, 0.29) is 6.61 Å². The Labute approximate surface area is 125 Å². The van der Waals surface area contributed by atoms with Crippen LogP contribution in [0.15, 0.2) is 0 Å². The van der Waals surface area contributed by atoms with Crippen LogP contribution in [0, 0.1) is 0 Å². The van der Waals surface area contributed by atoms with E-state index in [1.54, 1.807) is 0 Å². The molecule has 0 saturated heterocycles. The number of hydrogen-bond donors (Lipinski definition) is 2. The summed E-state index contributed by atoms with van der Waals surface area (Å²) < 4.78 is 35.0. The number of carbonyl (C=O) groups excluding carboxylic acids is 1. The van der Waals surface area contributed by atoms with E-state index in [0.717, 1.165) is 19.3 Å². The Morgan fingerprint density at radius 3 is 2.05 bits per heavy atom. The second-order valence-electron chi connectivity index (χ2n) is 4.89. The summed E-state index contributed by atoms with van der Waals surface area (Å²) in [5.41, 5.74) is 0. The lowest BCUT2D eigenvalue weighted by molar-refractivity contribution is -0.147. The summed E-state index contributed by atoms with van der Waals surface area (Å²) in [6, 6.07) is 0. The molecule has 1 unspecified atom stereocenters. The van der Waals surface area contributed by atoms with Crippen molar-refractivity contribution in [3.63, 3.8) is 0 Å². The molecule has 7 nitrogen and oxygen atoms in total. The number of carbonyl (C=O) groups is 2. The molecular weight excluding hydrogens is 300 g/mol. The molecule has 2 N–H and O–H groups in total. The SMILES string of the molecule is CCCCCCCCCOC(=O)CC(C(=O)O)S(=O)(=O)O. The van der Waals surface area contributed by atoms with Gasteiger partial charge in [-0.1, -0.05) is 45.4 Å². The van der Waals surface area contributed by atoms with E-state index >= 15 is 0 Å². The highest BCUT2D eigenvalue weighted by atomic mass is 32.2. The van der Waals surface area contributed by atoms with Crippen molar-refractivity contribution < 1.29 is 32.4 Å². The summed E-state index contributed by atoms with van der Waals surface area (Å²) in [5, 5.41) is 6.46. The summed E-state index contributed by atoms with van der Waals surface area (Å²) in [6.45, 7) is 2.26. The Hall–Kier alpha value is -1.15. The van der Waals surface area contributed by atoms with Crippen molar-refractivity contribution in [1.82, 2.24) is 0 Å². The number of carboxylic acid groups (broad SMARTS) is 1. The van der Waals surface area contributed by atoms with Crippen molar-refractivity contribution in [2.24, 2.45) is 0 Å². The lowest BCUT2D eigenvalue weighted by Crippen LogP contribution is -2.32. The first-order valence-electron chi connectivity index (χ1n) is 7.13. The van der Waals surface area contributed by atoms with Gasteiger partial charge in [-0.3, -0.25) is 14.1 Å².